The molecule has 0 aliphatic heterocycles. The van der Waals surface area contributed by atoms with E-state index in [2.05, 4.69) is 16.0 Å². The summed E-state index contributed by atoms with van der Waals surface area (Å²) in [6.45, 7) is 11.7. The van der Waals surface area contributed by atoms with Crippen molar-refractivity contribution in [1.82, 2.24) is 5.32 Å². The first-order valence-corrected chi connectivity index (χ1v) is 11.8. The van der Waals surface area contributed by atoms with E-state index < -0.39 is 17.6 Å². The normalized spacial score (nSPS) is 10.7. The number of alkyl carbamates (subject to hydrolysis) is 1. The quantitative estimate of drug-likeness (QED) is 0.411. The highest BCUT2D eigenvalue weighted by Crippen LogP contribution is 2.39. The summed E-state index contributed by atoms with van der Waals surface area (Å²) >= 11 is 0. The first-order chi connectivity index (χ1) is 17.1. The predicted molar refractivity (Wildman–Crippen MR) is 137 cm³/mol. The van der Waals surface area contributed by atoms with E-state index in [0.29, 0.717) is 54.0 Å². The smallest absolute Gasteiger partial charge is 0.408 e. The van der Waals surface area contributed by atoms with Gasteiger partial charge >= 0.3 is 6.09 Å². The van der Waals surface area contributed by atoms with Crippen molar-refractivity contribution in [1.29, 1.82) is 0 Å². The average molecular weight is 502 g/mol. The number of carbonyl (C=O) groups is 3. The van der Waals surface area contributed by atoms with E-state index in [1.54, 1.807) is 57.2 Å². The number of amides is 3. The molecular weight excluding hydrogens is 466 g/mol. The number of anilines is 2. The van der Waals surface area contributed by atoms with Crippen molar-refractivity contribution in [2.45, 2.75) is 47.1 Å². The van der Waals surface area contributed by atoms with Gasteiger partial charge in [-0.2, -0.15) is 0 Å². The zero-order chi connectivity index (χ0) is 26.7. The molecule has 0 aliphatic rings. The molecule has 196 valence electrons. The first-order valence-electron chi connectivity index (χ1n) is 11.8. The standard InChI is InChI=1S/C26H35N3O7/c1-7-33-20-14-17(15-21(34-8-2)23(20)35-9-3)24(31)29-19-12-10-18(11-13-19)28-22(30)16-27-25(32)36-26(4,5)6/h10-15H,7-9,16H2,1-6H3,(H,27,32)(H,28,30)(H,29,31). The van der Waals surface area contributed by atoms with Crippen molar-refractivity contribution < 1.29 is 33.3 Å². The summed E-state index contributed by atoms with van der Waals surface area (Å²) in [5.74, 6) is 0.526. The number of carbonyl (C=O) groups excluding carboxylic acids is 3. The summed E-state index contributed by atoms with van der Waals surface area (Å²) in [6.07, 6.45) is -0.676. The van der Waals surface area contributed by atoms with Gasteiger partial charge in [0.25, 0.3) is 5.91 Å². The van der Waals surface area contributed by atoms with E-state index in [-0.39, 0.29) is 12.5 Å². The Balaban J connectivity index is 2.03. The Morgan fingerprint density at radius 2 is 1.28 bits per heavy atom. The van der Waals surface area contributed by atoms with Gasteiger partial charge in [0, 0.05) is 16.9 Å². The molecule has 0 spiro atoms. The highest BCUT2D eigenvalue weighted by atomic mass is 16.6. The monoisotopic (exact) mass is 501 g/mol. The molecule has 0 heterocycles. The lowest BCUT2D eigenvalue weighted by Gasteiger charge is -2.19. The maximum absolute atomic E-state index is 12.9. The molecule has 0 bridgehead atoms. The van der Waals surface area contributed by atoms with Crippen LogP contribution in [0.3, 0.4) is 0 Å². The van der Waals surface area contributed by atoms with Gasteiger partial charge in [-0.3, -0.25) is 9.59 Å². The fourth-order valence-electron chi connectivity index (χ4n) is 3.03. The van der Waals surface area contributed by atoms with Gasteiger partial charge in [0.05, 0.1) is 19.8 Å². The fourth-order valence-corrected chi connectivity index (χ4v) is 3.03. The SMILES string of the molecule is CCOc1cc(C(=O)Nc2ccc(NC(=O)CNC(=O)OC(C)(C)C)cc2)cc(OCC)c1OCC. The Morgan fingerprint density at radius 3 is 1.75 bits per heavy atom. The average Bonchev–Trinajstić information content (AvgIpc) is 2.80. The lowest BCUT2D eigenvalue weighted by atomic mass is 10.1. The van der Waals surface area contributed by atoms with Gasteiger partial charge in [-0.05, 0) is 77.9 Å². The molecule has 2 rings (SSSR count). The van der Waals surface area contributed by atoms with Crippen molar-refractivity contribution in [3.8, 4) is 17.2 Å². The van der Waals surface area contributed by atoms with Crippen molar-refractivity contribution in [3.05, 3.63) is 42.0 Å². The Bertz CT molecular complexity index is 1020. The summed E-state index contributed by atoms with van der Waals surface area (Å²) in [4.78, 5) is 36.7. The first kappa shape index (κ1) is 28.3. The summed E-state index contributed by atoms with van der Waals surface area (Å²) < 4.78 is 22.1. The van der Waals surface area contributed by atoms with Gasteiger partial charge < -0.3 is 34.9 Å². The Labute approximate surface area is 211 Å². The van der Waals surface area contributed by atoms with Gasteiger partial charge in [0.2, 0.25) is 11.7 Å². The van der Waals surface area contributed by atoms with Crippen LogP contribution >= 0.6 is 0 Å². The van der Waals surface area contributed by atoms with Crippen molar-refractivity contribution in [2.75, 3.05) is 37.0 Å². The van der Waals surface area contributed by atoms with Crippen LogP contribution in [0.25, 0.3) is 0 Å². The highest BCUT2D eigenvalue weighted by molar-refractivity contribution is 6.05. The third-order valence-corrected chi connectivity index (χ3v) is 4.39. The molecular formula is C26H35N3O7. The highest BCUT2D eigenvalue weighted by Gasteiger charge is 2.19. The minimum Gasteiger partial charge on any atom is -0.490 e. The minimum absolute atomic E-state index is 0.241. The fraction of sp³-hybridized carbons (Fsp3) is 0.423. The summed E-state index contributed by atoms with van der Waals surface area (Å²) in [6, 6.07) is 9.79. The number of hydrogen-bond donors (Lipinski definition) is 3. The zero-order valence-electron chi connectivity index (χ0n) is 21.7. The molecule has 3 amide bonds. The van der Waals surface area contributed by atoms with Crippen LogP contribution in [-0.2, 0) is 9.53 Å². The Hall–Kier alpha value is -3.95. The van der Waals surface area contributed by atoms with Crippen LogP contribution in [0, 0.1) is 0 Å². The molecule has 36 heavy (non-hydrogen) atoms. The van der Waals surface area contributed by atoms with Crippen LogP contribution in [0.1, 0.15) is 51.9 Å². The molecule has 3 N–H and O–H groups in total. The number of benzene rings is 2. The van der Waals surface area contributed by atoms with Crippen molar-refractivity contribution in [3.63, 3.8) is 0 Å². The lowest BCUT2D eigenvalue weighted by molar-refractivity contribution is -0.115. The molecule has 0 unspecified atom stereocenters. The molecule has 0 fully saturated rings. The number of hydrogen-bond acceptors (Lipinski definition) is 7. The molecule has 2 aromatic carbocycles. The molecule has 0 saturated carbocycles. The third-order valence-electron chi connectivity index (χ3n) is 4.39. The van der Waals surface area contributed by atoms with E-state index in [9.17, 15) is 14.4 Å². The van der Waals surface area contributed by atoms with Gasteiger partial charge in [0.15, 0.2) is 11.5 Å². The zero-order valence-corrected chi connectivity index (χ0v) is 21.7. The lowest BCUT2D eigenvalue weighted by Crippen LogP contribution is -2.37. The molecule has 10 nitrogen and oxygen atoms in total. The van der Waals surface area contributed by atoms with E-state index in [1.165, 1.54) is 0 Å². The van der Waals surface area contributed by atoms with Crippen LogP contribution in [-0.4, -0.2) is 49.9 Å². The van der Waals surface area contributed by atoms with Crippen LogP contribution in [0.5, 0.6) is 17.2 Å². The van der Waals surface area contributed by atoms with Crippen LogP contribution in [0.4, 0.5) is 16.2 Å². The molecule has 0 saturated heterocycles. The maximum atomic E-state index is 12.9. The summed E-state index contributed by atoms with van der Waals surface area (Å²) in [5, 5.41) is 7.87. The Morgan fingerprint density at radius 1 is 0.778 bits per heavy atom. The molecule has 2 aromatic rings. The molecule has 0 radical (unpaired) electrons. The summed E-state index contributed by atoms with van der Waals surface area (Å²) in [5.41, 5.74) is 0.717. The number of nitrogens with one attached hydrogen (secondary N) is 3. The van der Waals surface area contributed by atoms with Gasteiger partial charge in [0.1, 0.15) is 12.1 Å². The molecule has 0 aliphatic carbocycles. The third kappa shape index (κ3) is 9.01. The minimum atomic E-state index is -0.676. The topological polar surface area (TPSA) is 124 Å². The molecule has 0 atom stereocenters. The van der Waals surface area contributed by atoms with Crippen LogP contribution in [0.15, 0.2) is 36.4 Å². The van der Waals surface area contributed by atoms with E-state index >= 15 is 0 Å². The van der Waals surface area contributed by atoms with E-state index in [0.717, 1.165) is 0 Å². The summed E-state index contributed by atoms with van der Waals surface area (Å²) in [7, 11) is 0. The number of ether oxygens (including phenoxy) is 4. The van der Waals surface area contributed by atoms with E-state index in [4.69, 9.17) is 18.9 Å². The van der Waals surface area contributed by atoms with E-state index in [1.807, 2.05) is 20.8 Å². The maximum Gasteiger partial charge on any atom is 0.408 e. The largest absolute Gasteiger partial charge is 0.490 e. The van der Waals surface area contributed by atoms with Gasteiger partial charge in [-0.15, -0.1) is 0 Å². The molecule has 10 heteroatoms. The second-order valence-electron chi connectivity index (χ2n) is 8.54. The molecule has 0 aromatic heterocycles. The second kappa shape index (κ2) is 13.2. The Kier molecular flexibility index (Phi) is 10.4. The van der Waals surface area contributed by atoms with Crippen LogP contribution in [0.2, 0.25) is 0 Å². The van der Waals surface area contributed by atoms with Crippen molar-refractivity contribution in [2.24, 2.45) is 0 Å². The van der Waals surface area contributed by atoms with Gasteiger partial charge in [-0.1, -0.05) is 0 Å². The number of rotatable bonds is 11. The van der Waals surface area contributed by atoms with Crippen molar-refractivity contribution >= 4 is 29.3 Å². The predicted octanol–water partition coefficient (Wildman–Crippen LogP) is 4.60. The second-order valence-corrected chi connectivity index (χ2v) is 8.54. The van der Waals surface area contributed by atoms with Gasteiger partial charge in [-0.25, -0.2) is 4.79 Å². The van der Waals surface area contributed by atoms with Crippen LogP contribution < -0.4 is 30.2 Å².